The standard InChI is InChI=1S/C13H14ClF2NO4S/c1-7-2-3-8(13(18)19)6-17(7)22(20,21)12-9(14)4-5-10(15)11(12)16/h4-5,7-8H,2-3,6H2,1H3,(H,18,19). The van der Waals surface area contributed by atoms with Crippen LogP contribution in [0.25, 0.3) is 0 Å². The van der Waals surface area contributed by atoms with E-state index in [9.17, 15) is 22.0 Å². The maximum Gasteiger partial charge on any atom is 0.307 e. The molecule has 2 rings (SSSR count). The Morgan fingerprint density at radius 3 is 2.59 bits per heavy atom. The van der Waals surface area contributed by atoms with Gasteiger partial charge < -0.3 is 5.11 Å². The summed E-state index contributed by atoms with van der Waals surface area (Å²) in [5, 5.41) is 8.61. The summed E-state index contributed by atoms with van der Waals surface area (Å²) in [6.07, 6.45) is 0.632. The van der Waals surface area contributed by atoms with E-state index >= 15 is 0 Å². The van der Waals surface area contributed by atoms with Gasteiger partial charge in [0.1, 0.15) is 4.90 Å². The van der Waals surface area contributed by atoms with Crippen LogP contribution in [0.1, 0.15) is 19.8 Å². The number of carboxylic acid groups (broad SMARTS) is 1. The van der Waals surface area contributed by atoms with Gasteiger partial charge in [0.2, 0.25) is 10.0 Å². The molecule has 2 atom stereocenters. The van der Waals surface area contributed by atoms with Crippen molar-refractivity contribution in [1.29, 1.82) is 0 Å². The van der Waals surface area contributed by atoms with Crippen molar-refractivity contribution < 1.29 is 27.1 Å². The molecular weight excluding hydrogens is 340 g/mol. The van der Waals surface area contributed by atoms with Gasteiger partial charge >= 0.3 is 5.97 Å². The van der Waals surface area contributed by atoms with Gasteiger partial charge in [-0.1, -0.05) is 11.6 Å². The molecule has 122 valence electrons. The van der Waals surface area contributed by atoms with E-state index in [-0.39, 0.29) is 6.54 Å². The van der Waals surface area contributed by atoms with E-state index in [4.69, 9.17) is 16.7 Å². The fourth-order valence-corrected chi connectivity index (χ4v) is 4.74. The highest BCUT2D eigenvalue weighted by molar-refractivity contribution is 7.89. The van der Waals surface area contributed by atoms with Crippen molar-refractivity contribution in [2.45, 2.75) is 30.7 Å². The molecule has 1 aromatic carbocycles. The lowest BCUT2D eigenvalue weighted by Crippen LogP contribution is -2.47. The van der Waals surface area contributed by atoms with E-state index in [2.05, 4.69) is 0 Å². The number of hydrogen-bond acceptors (Lipinski definition) is 3. The number of piperidine rings is 1. The van der Waals surface area contributed by atoms with Crippen molar-refractivity contribution in [3.63, 3.8) is 0 Å². The molecule has 0 aromatic heterocycles. The van der Waals surface area contributed by atoms with Gasteiger partial charge in [-0.25, -0.2) is 17.2 Å². The summed E-state index contributed by atoms with van der Waals surface area (Å²) >= 11 is 5.72. The third-order valence-corrected chi connectivity index (χ3v) is 6.21. The molecule has 0 spiro atoms. The molecule has 2 unspecified atom stereocenters. The molecule has 5 nitrogen and oxygen atoms in total. The van der Waals surface area contributed by atoms with Gasteiger partial charge in [0, 0.05) is 12.6 Å². The molecule has 1 fully saturated rings. The highest BCUT2D eigenvalue weighted by atomic mass is 35.5. The van der Waals surface area contributed by atoms with Crippen LogP contribution in [0.4, 0.5) is 8.78 Å². The molecule has 1 heterocycles. The number of nitrogens with zero attached hydrogens (tertiary/aromatic N) is 1. The second kappa shape index (κ2) is 6.10. The highest BCUT2D eigenvalue weighted by Gasteiger charge is 2.40. The Morgan fingerprint density at radius 1 is 1.36 bits per heavy atom. The number of carbonyl (C=O) groups is 1. The molecule has 1 aliphatic rings. The smallest absolute Gasteiger partial charge is 0.307 e. The summed E-state index contributed by atoms with van der Waals surface area (Å²) in [6, 6.07) is 1.16. The molecule has 0 aliphatic carbocycles. The van der Waals surface area contributed by atoms with E-state index in [1.165, 1.54) is 0 Å². The van der Waals surface area contributed by atoms with E-state index < -0.39 is 49.5 Å². The van der Waals surface area contributed by atoms with Crippen molar-refractivity contribution in [2.75, 3.05) is 6.54 Å². The predicted molar refractivity (Wildman–Crippen MR) is 75.1 cm³/mol. The second-order valence-electron chi connectivity index (χ2n) is 5.21. The average Bonchev–Trinajstić information content (AvgIpc) is 2.43. The van der Waals surface area contributed by atoms with Crippen LogP contribution in [-0.4, -0.2) is 36.4 Å². The first-order valence-corrected chi connectivity index (χ1v) is 8.36. The number of rotatable bonds is 3. The van der Waals surface area contributed by atoms with Crippen LogP contribution in [0.5, 0.6) is 0 Å². The number of hydrogen-bond donors (Lipinski definition) is 1. The predicted octanol–water partition coefficient (Wildman–Crippen LogP) is 2.49. The van der Waals surface area contributed by atoms with E-state index in [0.29, 0.717) is 12.8 Å². The number of halogens is 3. The van der Waals surface area contributed by atoms with Crippen LogP contribution in [0.15, 0.2) is 17.0 Å². The van der Waals surface area contributed by atoms with Crippen LogP contribution >= 0.6 is 11.6 Å². The molecule has 0 bridgehead atoms. The summed E-state index contributed by atoms with van der Waals surface area (Å²) in [7, 11) is -4.44. The summed E-state index contributed by atoms with van der Waals surface area (Å²) in [5.41, 5.74) is 0. The number of aliphatic carboxylic acids is 1. The van der Waals surface area contributed by atoms with Gasteiger partial charge in [-0.2, -0.15) is 4.31 Å². The zero-order chi connectivity index (χ0) is 16.7. The fraction of sp³-hybridized carbons (Fsp3) is 0.462. The van der Waals surface area contributed by atoms with Crippen LogP contribution in [0.3, 0.4) is 0 Å². The maximum absolute atomic E-state index is 13.9. The number of benzene rings is 1. The topological polar surface area (TPSA) is 74.7 Å². The van der Waals surface area contributed by atoms with Crippen LogP contribution in [0.2, 0.25) is 5.02 Å². The summed E-state index contributed by atoms with van der Waals surface area (Å²) in [6.45, 7) is 1.28. The SMILES string of the molecule is CC1CCC(C(=O)O)CN1S(=O)(=O)c1c(Cl)ccc(F)c1F. The Balaban J connectivity index is 2.50. The lowest BCUT2D eigenvalue weighted by atomic mass is 9.96. The zero-order valence-electron chi connectivity index (χ0n) is 11.6. The molecule has 1 saturated heterocycles. The molecule has 22 heavy (non-hydrogen) atoms. The Labute approximate surface area is 131 Å². The van der Waals surface area contributed by atoms with Crippen molar-refractivity contribution in [2.24, 2.45) is 5.92 Å². The number of sulfonamides is 1. The third kappa shape index (κ3) is 2.95. The molecule has 0 amide bonds. The molecule has 1 N–H and O–H groups in total. The van der Waals surface area contributed by atoms with Gasteiger partial charge in [-0.3, -0.25) is 4.79 Å². The lowest BCUT2D eigenvalue weighted by molar-refractivity contribution is -0.143. The normalized spacial score (nSPS) is 23.5. The molecule has 9 heteroatoms. The van der Waals surface area contributed by atoms with Crippen LogP contribution < -0.4 is 0 Å². The van der Waals surface area contributed by atoms with Gasteiger partial charge in [0.25, 0.3) is 0 Å². The first-order chi connectivity index (χ1) is 10.2. The van der Waals surface area contributed by atoms with Gasteiger partial charge in [0.05, 0.1) is 10.9 Å². The van der Waals surface area contributed by atoms with E-state index in [1.807, 2.05) is 0 Å². The molecular formula is C13H14ClF2NO4S. The number of carboxylic acids is 1. The average molecular weight is 354 g/mol. The fourth-order valence-electron chi connectivity index (χ4n) is 2.47. The minimum absolute atomic E-state index is 0.300. The van der Waals surface area contributed by atoms with Crippen LogP contribution in [-0.2, 0) is 14.8 Å². The zero-order valence-corrected chi connectivity index (χ0v) is 13.2. The molecule has 0 radical (unpaired) electrons. The Bertz CT molecular complexity index is 710. The van der Waals surface area contributed by atoms with Crippen LogP contribution in [0, 0.1) is 17.6 Å². The van der Waals surface area contributed by atoms with Gasteiger partial charge in [-0.05, 0) is 31.9 Å². The first-order valence-electron chi connectivity index (χ1n) is 6.54. The van der Waals surface area contributed by atoms with Crippen molar-refractivity contribution in [3.8, 4) is 0 Å². The Morgan fingerprint density at radius 2 is 2.00 bits per heavy atom. The van der Waals surface area contributed by atoms with Gasteiger partial charge in [-0.15, -0.1) is 0 Å². The summed E-state index contributed by atoms with van der Waals surface area (Å²) < 4.78 is 53.3. The lowest BCUT2D eigenvalue weighted by Gasteiger charge is -2.35. The first kappa shape index (κ1) is 17.1. The van der Waals surface area contributed by atoms with Crippen molar-refractivity contribution >= 4 is 27.6 Å². The molecule has 1 aromatic rings. The monoisotopic (exact) mass is 353 g/mol. The summed E-state index contributed by atoms with van der Waals surface area (Å²) in [5.74, 6) is -4.90. The summed E-state index contributed by atoms with van der Waals surface area (Å²) in [4.78, 5) is 10.1. The largest absolute Gasteiger partial charge is 0.481 e. The third-order valence-electron chi connectivity index (χ3n) is 3.74. The maximum atomic E-state index is 13.9. The van der Waals surface area contributed by atoms with Crippen molar-refractivity contribution in [3.05, 3.63) is 28.8 Å². The van der Waals surface area contributed by atoms with E-state index in [0.717, 1.165) is 16.4 Å². The minimum Gasteiger partial charge on any atom is -0.481 e. The van der Waals surface area contributed by atoms with Gasteiger partial charge in [0.15, 0.2) is 11.6 Å². The van der Waals surface area contributed by atoms with Crippen molar-refractivity contribution in [1.82, 2.24) is 4.31 Å². The van der Waals surface area contributed by atoms with E-state index in [1.54, 1.807) is 6.92 Å². The highest BCUT2D eigenvalue weighted by Crippen LogP contribution is 2.33. The quantitative estimate of drug-likeness (QED) is 0.847. The Hall–Kier alpha value is -1.25. The molecule has 1 aliphatic heterocycles. The minimum atomic E-state index is -4.44. The second-order valence-corrected chi connectivity index (χ2v) is 7.44. The Kier molecular flexibility index (Phi) is 4.74. The molecule has 0 saturated carbocycles.